The van der Waals surface area contributed by atoms with E-state index in [1.807, 2.05) is 30.7 Å². The van der Waals surface area contributed by atoms with E-state index >= 15 is 0 Å². The van der Waals surface area contributed by atoms with Crippen LogP contribution in [0, 0.1) is 11.3 Å². The van der Waals surface area contributed by atoms with E-state index in [1.54, 1.807) is 26.2 Å². The summed E-state index contributed by atoms with van der Waals surface area (Å²) in [5, 5.41) is 2.51. The summed E-state index contributed by atoms with van der Waals surface area (Å²) in [6.45, 7) is 10.1. The summed E-state index contributed by atoms with van der Waals surface area (Å²) in [6, 6.07) is 1.66. The number of carbonyl (C=O) groups excluding carboxylic acids is 1. The summed E-state index contributed by atoms with van der Waals surface area (Å²) in [6.07, 6.45) is 8.76. The van der Waals surface area contributed by atoms with Crippen molar-refractivity contribution in [3.8, 4) is 0 Å². The van der Waals surface area contributed by atoms with Gasteiger partial charge < -0.3 is 10.3 Å². The number of carbonyl (C=O) groups is 1. The maximum absolute atomic E-state index is 13.0. The molecule has 0 radical (unpaired) electrons. The minimum absolute atomic E-state index is 0.0362. The zero-order valence-corrected chi connectivity index (χ0v) is 20.5. The summed E-state index contributed by atoms with van der Waals surface area (Å²) < 4.78 is 30.8. The van der Waals surface area contributed by atoms with Crippen LogP contribution in [0.4, 0.5) is 0 Å². The van der Waals surface area contributed by atoms with Crippen LogP contribution in [0.1, 0.15) is 33.6 Å². The number of H-pyrrole nitrogens is 1. The van der Waals surface area contributed by atoms with Crippen molar-refractivity contribution in [3.05, 3.63) is 53.7 Å². The normalized spacial score (nSPS) is 21.4. The van der Waals surface area contributed by atoms with E-state index in [2.05, 4.69) is 31.6 Å². The molecule has 3 N–H and O–H groups in total. The van der Waals surface area contributed by atoms with E-state index in [4.69, 9.17) is 0 Å². The highest BCUT2D eigenvalue weighted by atomic mass is 32.2. The number of hydrogen-bond donors (Lipinski definition) is 3. The molecule has 1 fully saturated rings. The molecule has 9 nitrogen and oxygen atoms in total. The number of allylic oxidation sites excluding steroid dienone is 3. The van der Waals surface area contributed by atoms with Gasteiger partial charge >= 0.3 is 0 Å². The third-order valence-corrected chi connectivity index (χ3v) is 8.01. The van der Waals surface area contributed by atoms with Crippen molar-refractivity contribution in [3.63, 3.8) is 0 Å². The Labute approximate surface area is 194 Å². The zero-order valence-electron chi connectivity index (χ0n) is 19.7. The maximum atomic E-state index is 13.0. The first-order chi connectivity index (χ1) is 15.6. The van der Waals surface area contributed by atoms with Crippen molar-refractivity contribution in [1.29, 1.82) is 0 Å². The molecule has 1 amide bonds. The number of hydrogen-bond acceptors (Lipinski definition) is 5. The smallest absolute Gasteiger partial charge is 0.240 e. The number of nitrogens with zero attached hydrogens (tertiary/aromatic N) is 3. The largest absolute Gasteiger partial charge is 0.359 e. The summed E-state index contributed by atoms with van der Waals surface area (Å²) in [5.41, 5.74) is 2.77. The van der Waals surface area contributed by atoms with Crippen molar-refractivity contribution in [2.24, 2.45) is 16.3 Å². The molecule has 3 rings (SSSR count). The standard InChI is InChI=1S/C23H32N6O3S/c1-7-16(9-8-10-21(30)25-6)33(31,32)28-19-13-17(23(19,3)4)15(2)29-18-11-12-26-22(18)27-14-20(29)24-5/h7-9,11-12,14,17,19,26,28H,2,10,13H2,1,3-6H3,(H,25,30)/b9-8-,16-7+,24-20?/t17-,19-/m1/s1. The second kappa shape index (κ2) is 9.48. The lowest BCUT2D eigenvalue weighted by atomic mass is 9.58. The van der Waals surface area contributed by atoms with Gasteiger partial charge in [0.25, 0.3) is 0 Å². The van der Waals surface area contributed by atoms with Gasteiger partial charge in [0, 0.05) is 44.4 Å². The molecule has 2 aromatic rings. The van der Waals surface area contributed by atoms with Crippen LogP contribution < -0.4 is 15.5 Å². The zero-order chi connectivity index (χ0) is 24.4. The fraction of sp³-hybridized carbons (Fsp3) is 0.435. The van der Waals surface area contributed by atoms with Gasteiger partial charge in [0.15, 0.2) is 11.1 Å². The van der Waals surface area contributed by atoms with Crippen molar-refractivity contribution >= 4 is 32.8 Å². The van der Waals surface area contributed by atoms with E-state index in [-0.39, 0.29) is 34.6 Å². The molecule has 2 heterocycles. The molecule has 0 spiro atoms. The number of fused-ring (bicyclic) bond motifs is 1. The molecule has 2 aromatic heterocycles. The SMILES string of the molecule is C=C([C@H]1C[C@@H](NS(=O)(=O)C(/C=C\CC(=O)NC)=C/C)C1(C)C)n1c(=NC)cnc2[nH]ccc21. The van der Waals surface area contributed by atoms with Gasteiger partial charge in [-0.1, -0.05) is 32.6 Å². The molecule has 0 bridgehead atoms. The minimum atomic E-state index is -3.74. The van der Waals surface area contributed by atoms with Crippen LogP contribution in [0.2, 0.25) is 0 Å². The van der Waals surface area contributed by atoms with E-state index in [0.717, 1.165) is 16.9 Å². The van der Waals surface area contributed by atoms with Crippen LogP contribution in [-0.2, 0) is 14.8 Å². The summed E-state index contributed by atoms with van der Waals surface area (Å²) in [4.78, 5) is 23.4. The van der Waals surface area contributed by atoms with Crippen LogP contribution >= 0.6 is 0 Å². The van der Waals surface area contributed by atoms with Gasteiger partial charge in [-0.2, -0.15) is 0 Å². The number of aromatic amines is 1. The Kier molecular flexibility index (Phi) is 7.08. The van der Waals surface area contributed by atoms with Crippen LogP contribution in [-0.4, -0.2) is 49.0 Å². The van der Waals surface area contributed by atoms with Gasteiger partial charge in [-0.05, 0) is 30.9 Å². The molecule has 33 heavy (non-hydrogen) atoms. The van der Waals surface area contributed by atoms with Crippen LogP contribution in [0.15, 0.2) is 53.2 Å². The Bertz CT molecular complexity index is 1300. The lowest BCUT2D eigenvalue weighted by molar-refractivity contribution is -0.119. The number of rotatable bonds is 8. The topological polar surface area (TPSA) is 121 Å². The molecule has 1 aliphatic rings. The van der Waals surface area contributed by atoms with Crippen LogP contribution in [0.3, 0.4) is 0 Å². The predicted molar refractivity (Wildman–Crippen MR) is 130 cm³/mol. The fourth-order valence-electron chi connectivity index (χ4n) is 4.23. The average Bonchev–Trinajstić information content (AvgIpc) is 3.26. The van der Waals surface area contributed by atoms with E-state index < -0.39 is 10.0 Å². The second-order valence-electron chi connectivity index (χ2n) is 8.63. The third kappa shape index (κ3) is 4.72. The molecule has 10 heteroatoms. The van der Waals surface area contributed by atoms with Gasteiger partial charge in [-0.3, -0.25) is 14.4 Å². The van der Waals surface area contributed by atoms with E-state index in [1.165, 1.54) is 19.2 Å². The Balaban J connectivity index is 1.80. The summed E-state index contributed by atoms with van der Waals surface area (Å²) >= 11 is 0. The van der Waals surface area contributed by atoms with Gasteiger partial charge in [-0.25, -0.2) is 18.1 Å². The molecular formula is C23H32N6O3S. The highest BCUT2D eigenvalue weighted by molar-refractivity contribution is 7.93. The monoisotopic (exact) mass is 472 g/mol. The number of amides is 1. The van der Waals surface area contributed by atoms with Crippen molar-refractivity contribution in [2.75, 3.05) is 14.1 Å². The molecule has 0 saturated heterocycles. The van der Waals surface area contributed by atoms with Crippen molar-refractivity contribution in [1.82, 2.24) is 24.6 Å². The lowest BCUT2D eigenvalue weighted by Crippen LogP contribution is -2.59. The van der Waals surface area contributed by atoms with E-state index in [0.29, 0.717) is 11.9 Å². The fourth-order valence-corrected chi connectivity index (χ4v) is 5.72. The number of aromatic nitrogens is 3. The summed E-state index contributed by atoms with van der Waals surface area (Å²) in [5.74, 6) is -0.147. The first kappa shape index (κ1) is 24.7. The highest BCUT2D eigenvalue weighted by Gasteiger charge is 2.51. The molecule has 1 saturated carbocycles. The van der Waals surface area contributed by atoms with Gasteiger partial charge in [0.1, 0.15) is 0 Å². The molecule has 178 valence electrons. The maximum Gasteiger partial charge on any atom is 0.240 e. The Hall–Kier alpha value is -2.98. The van der Waals surface area contributed by atoms with Gasteiger partial charge in [0.2, 0.25) is 15.9 Å². The minimum Gasteiger partial charge on any atom is -0.359 e. The number of sulfonamides is 1. The van der Waals surface area contributed by atoms with Crippen molar-refractivity contribution < 1.29 is 13.2 Å². The van der Waals surface area contributed by atoms with Crippen LogP contribution in [0.25, 0.3) is 16.9 Å². The molecule has 0 aliphatic heterocycles. The highest BCUT2D eigenvalue weighted by Crippen LogP contribution is 2.51. The quantitative estimate of drug-likeness (QED) is 0.510. The van der Waals surface area contributed by atoms with Gasteiger partial charge in [0.05, 0.1) is 16.6 Å². The third-order valence-electron chi connectivity index (χ3n) is 6.43. The Morgan fingerprint density at radius 2 is 2.18 bits per heavy atom. The average molecular weight is 473 g/mol. The molecule has 0 unspecified atom stereocenters. The molecule has 2 atom stereocenters. The first-order valence-electron chi connectivity index (χ1n) is 10.8. The molecular weight excluding hydrogens is 440 g/mol. The molecule has 1 aliphatic carbocycles. The Morgan fingerprint density at radius 3 is 2.79 bits per heavy atom. The van der Waals surface area contributed by atoms with Crippen molar-refractivity contribution in [2.45, 2.75) is 39.7 Å². The van der Waals surface area contributed by atoms with E-state index in [9.17, 15) is 13.2 Å². The number of nitrogens with one attached hydrogen (secondary N) is 3. The first-order valence-corrected chi connectivity index (χ1v) is 12.3. The Morgan fingerprint density at radius 1 is 1.45 bits per heavy atom. The summed E-state index contributed by atoms with van der Waals surface area (Å²) in [7, 11) is -0.493. The van der Waals surface area contributed by atoms with Crippen LogP contribution in [0.5, 0.6) is 0 Å². The lowest BCUT2D eigenvalue weighted by Gasteiger charge is -2.53. The molecule has 0 aromatic carbocycles. The van der Waals surface area contributed by atoms with Gasteiger partial charge in [-0.15, -0.1) is 0 Å². The second-order valence-corrected chi connectivity index (χ2v) is 10.3. The predicted octanol–water partition coefficient (Wildman–Crippen LogP) is 2.30.